The van der Waals surface area contributed by atoms with Crippen LogP contribution in [0.15, 0.2) is 72.8 Å². The lowest BCUT2D eigenvalue weighted by Crippen LogP contribution is -2.80. The molecule has 0 amide bonds. The Hall–Kier alpha value is -4.59. The second kappa shape index (κ2) is 13.4. The highest BCUT2D eigenvalue weighted by Gasteiger charge is 2.88. The maximum Gasteiger partial charge on any atom is 0.339 e. The molecule has 2 bridgehead atoms. The molecule has 2 N–H and O–H groups in total. The van der Waals surface area contributed by atoms with Gasteiger partial charge in [-0.15, -0.1) is 0 Å². The number of hydrogen-bond donors (Lipinski definition) is 2. The molecule has 2 aliphatic carbocycles. The van der Waals surface area contributed by atoms with Crippen LogP contribution >= 0.6 is 0 Å². The van der Waals surface area contributed by atoms with Crippen LogP contribution in [0.3, 0.4) is 0 Å². The Morgan fingerprint density at radius 1 is 0.755 bits per heavy atom. The first-order valence-electron chi connectivity index (χ1n) is 17.7. The highest BCUT2D eigenvalue weighted by Crippen LogP contribution is 2.70. The molecule has 13 heteroatoms. The highest BCUT2D eigenvalue weighted by atomic mass is 16.7. The Kier molecular flexibility index (Phi) is 9.62. The molecular formula is C40H46O13. The molecule has 4 fully saturated rings. The van der Waals surface area contributed by atoms with Gasteiger partial charge < -0.3 is 38.6 Å². The van der Waals surface area contributed by atoms with Crippen molar-refractivity contribution in [2.24, 2.45) is 23.7 Å². The van der Waals surface area contributed by atoms with Gasteiger partial charge in [-0.1, -0.05) is 56.8 Å². The van der Waals surface area contributed by atoms with Crippen LogP contribution in [-0.4, -0.2) is 93.0 Å². The van der Waals surface area contributed by atoms with Crippen LogP contribution in [0.1, 0.15) is 75.6 Å². The normalized spacial score (nSPS) is 39.5. The number of aliphatic hydroxyl groups is 2. The van der Waals surface area contributed by atoms with Crippen LogP contribution in [0.5, 0.6) is 0 Å². The van der Waals surface area contributed by atoms with Gasteiger partial charge in [0.2, 0.25) is 5.60 Å². The van der Waals surface area contributed by atoms with Gasteiger partial charge in [0.1, 0.15) is 17.3 Å². The van der Waals surface area contributed by atoms with Crippen LogP contribution in [0.4, 0.5) is 0 Å². The van der Waals surface area contributed by atoms with E-state index in [4.69, 9.17) is 28.4 Å². The number of ether oxygens (including phenoxy) is 6. The highest BCUT2D eigenvalue weighted by molar-refractivity contribution is 5.90. The minimum atomic E-state index is -2.20. The van der Waals surface area contributed by atoms with Crippen molar-refractivity contribution in [2.75, 3.05) is 0 Å². The van der Waals surface area contributed by atoms with E-state index >= 15 is 0 Å². The van der Waals surface area contributed by atoms with Crippen molar-refractivity contribution >= 4 is 29.8 Å². The third-order valence-electron chi connectivity index (χ3n) is 11.9. The summed E-state index contributed by atoms with van der Waals surface area (Å²) in [6.07, 6.45) is -7.47. The van der Waals surface area contributed by atoms with E-state index in [1.165, 1.54) is 26.0 Å². The number of carbonyl (C=O) groups is 5. The Morgan fingerprint density at radius 3 is 1.75 bits per heavy atom. The van der Waals surface area contributed by atoms with E-state index in [1.807, 2.05) is 0 Å². The first-order valence-corrected chi connectivity index (χ1v) is 17.7. The van der Waals surface area contributed by atoms with Crippen molar-refractivity contribution in [1.29, 1.82) is 0 Å². The molecule has 2 saturated carbocycles. The zero-order valence-corrected chi connectivity index (χ0v) is 30.8. The fourth-order valence-corrected chi connectivity index (χ4v) is 9.85. The first-order chi connectivity index (χ1) is 24.9. The van der Waals surface area contributed by atoms with Crippen LogP contribution in [0.25, 0.3) is 0 Å². The second-order valence-electron chi connectivity index (χ2n) is 15.1. The number of rotatable bonds is 8. The molecule has 4 aliphatic rings. The molecule has 0 aromatic heterocycles. The Balaban J connectivity index is 1.65. The van der Waals surface area contributed by atoms with Gasteiger partial charge in [0.05, 0.1) is 28.7 Å². The van der Waals surface area contributed by atoms with Crippen molar-refractivity contribution < 1.29 is 62.6 Å². The molecule has 6 rings (SSSR count). The fraction of sp³-hybridized carbons (Fsp3) is 0.525. The van der Waals surface area contributed by atoms with Crippen LogP contribution in [0, 0.1) is 23.7 Å². The summed E-state index contributed by atoms with van der Waals surface area (Å²) in [6, 6.07) is 16.1. The van der Waals surface area contributed by atoms with E-state index < -0.39 is 106 Å². The summed E-state index contributed by atoms with van der Waals surface area (Å²) in [5.74, 6) is -8.56. The van der Waals surface area contributed by atoms with E-state index in [0.717, 1.165) is 20.8 Å². The molecule has 13 nitrogen and oxygen atoms in total. The van der Waals surface area contributed by atoms with E-state index in [2.05, 4.69) is 6.58 Å². The molecule has 2 saturated heterocycles. The maximum atomic E-state index is 14.1. The summed E-state index contributed by atoms with van der Waals surface area (Å²) in [5.41, 5.74) is -7.57. The van der Waals surface area contributed by atoms with E-state index in [0.29, 0.717) is 0 Å². The van der Waals surface area contributed by atoms with Crippen molar-refractivity contribution in [2.45, 2.75) is 108 Å². The lowest BCUT2D eigenvalue weighted by molar-refractivity contribution is -0.388. The fourth-order valence-electron chi connectivity index (χ4n) is 9.85. The summed E-state index contributed by atoms with van der Waals surface area (Å²) in [5, 5.41) is 25.7. The topological polar surface area (TPSA) is 181 Å². The molecule has 2 aromatic carbocycles. The minimum Gasteiger partial charge on any atom is -0.459 e. The average Bonchev–Trinajstić information content (AvgIpc) is 3.31. The molecule has 53 heavy (non-hydrogen) atoms. The summed E-state index contributed by atoms with van der Waals surface area (Å²) in [6.45, 7) is 13.9. The number of hydrogen-bond acceptors (Lipinski definition) is 13. The van der Waals surface area contributed by atoms with Gasteiger partial charge in [-0.2, -0.15) is 0 Å². The molecular weight excluding hydrogens is 688 g/mol. The van der Waals surface area contributed by atoms with E-state index in [-0.39, 0.29) is 23.1 Å². The molecule has 13 atom stereocenters. The molecule has 0 unspecified atom stereocenters. The van der Waals surface area contributed by atoms with Gasteiger partial charge in [0.15, 0.2) is 18.3 Å². The average molecular weight is 735 g/mol. The lowest BCUT2D eigenvalue weighted by Gasteiger charge is -2.62. The van der Waals surface area contributed by atoms with E-state index in [9.17, 15) is 34.2 Å². The van der Waals surface area contributed by atoms with E-state index in [1.54, 1.807) is 62.4 Å². The Bertz CT molecular complexity index is 1810. The van der Waals surface area contributed by atoms with Gasteiger partial charge in [0, 0.05) is 32.6 Å². The van der Waals surface area contributed by atoms with Gasteiger partial charge in [-0.25, -0.2) is 9.59 Å². The van der Waals surface area contributed by atoms with Gasteiger partial charge in [-0.3, -0.25) is 14.4 Å². The number of aliphatic hydroxyl groups excluding tert-OH is 1. The van der Waals surface area contributed by atoms with Crippen molar-refractivity contribution in [3.8, 4) is 0 Å². The Morgan fingerprint density at radius 2 is 1.25 bits per heavy atom. The minimum absolute atomic E-state index is 0.0824. The summed E-state index contributed by atoms with van der Waals surface area (Å²) >= 11 is 0. The molecule has 2 aliphatic heterocycles. The quantitative estimate of drug-likeness (QED) is 0.228. The number of benzene rings is 2. The molecule has 0 radical (unpaired) electrons. The summed E-state index contributed by atoms with van der Waals surface area (Å²) < 4.78 is 37.6. The van der Waals surface area contributed by atoms with Gasteiger partial charge >= 0.3 is 29.8 Å². The van der Waals surface area contributed by atoms with Crippen LogP contribution in [0.2, 0.25) is 0 Å². The third-order valence-corrected chi connectivity index (χ3v) is 11.9. The van der Waals surface area contributed by atoms with Crippen LogP contribution in [-0.2, 0) is 42.8 Å². The van der Waals surface area contributed by atoms with Crippen molar-refractivity contribution in [1.82, 2.24) is 0 Å². The SMILES string of the molecule is C=C(C)[C@@]1(OC(=O)c2ccccc2)[C@H](OC(C)=O)[C@@H]2[C@H](OC(C)=O)[C@@]3(C)O[C@]4([C@@H]3OC(=O)c3ccccc3)[C@H](C[C@H](C)[C@@H]4O)[C@@]2(O)[C@H](C)[C@@H]1OC(C)=O. The molecule has 2 aromatic rings. The summed E-state index contributed by atoms with van der Waals surface area (Å²) in [7, 11) is 0. The third kappa shape index (κ3) is 5.58. The molecule has 1 spiro atoms. The predicted molar refractivity (Wildman–Crippen MR) is 185 cm³/mol. The lowest BCUT2D eigenvalue weighted by atomic mass is 9.52. The van der Waals surface area contributed by atoms with Gasteiger partial charge in [-0.05, 0) is 56.0 Å². The second-order valence-corrected chi connectivity index (χ2v) is 15.1. The predicted octanol–water partition coefficient (Wildman–Crippen LogP) is 3.73. The maximum absolute atomic E-state index is 14.1. The number of esters is 5. The smallest absolute Gasteiger partial charge is 0.339 e. The largest absolute Gasteiger partial charge is 0.459 e. The standard InChI is InChI=1S/C40H46O13/c1-20(2)39(52-35(46)27-17-13-10-14-18-27)31(48-23(5)41)22(4)38(47)28-19-21(3)30(44)40(28)36(51-34(45)26-15-11-9-12-16-26)37(8,53-40)32(49-24(6)42)29(38)33(39)50-25(7)43/h9-18,21-22,28-33,36,44,47H,1,19H2,2-8H3/t21-,22+,28+,29-,30-,31-,32-,33+,36+,37+,38-,39-,40+/m0/s1. The summed E-state index contributed by atoms with van der Waals surface area (Å²) in [4.78, 5) is 67.2. The first kappa shape index (κ1) is 38.1. The number of carbonyl (C=O) groups excluding carboxylic acids is 5. The van der Waals surface area contributed by atoms with Crippen molar-refractivity contribution in [3.63, 3.8) is 0 Å². The Labute approximate surface area is 307 Å². The molecule has 2 heterocycles. The monoisotopic (exact) mass is 734 g/mol. The van der Waals surface area contributed by atoms with Crippen LogP contribution < -0.4 is 0 Å². The zero-order valence-electron chi connectivity index (χ0n) is 30.8. The van der Waals surface area contributed by atoms with Gasteiger partial charge in [0.25, 0.3) is 0 Å². The number of fused-ring (bicyclic) bond motifs is 3. The zero-order chi connectivity index (χ0) is 38.8. The molecule has 284 valence electrons. The van der Waals surface area contributed by atoms with Crippen molar-refractivity contribution in [3.05, 3.63) is 83.9 Å².